The van der Waals surface area contributed by atoms with Crippen LogP contribution in [-0.2, 0) is 0 Å². The van der Waals surface area contributed by atoms with Gasteiger partial charge in [-0.3, -0.25) is 0 Å². The lowest BCUT2D eigenvalue weighted by atomic mass is 9.82. The van der Waals surface area contributed by atoms with E-state index < -0.39 is 10.5 Å². The van der Waals surface area contributed by atoms with E-state index in [2.05, 4.69) is 0 Å². The van der Waals surface area contributed by atoms with E-state index in [-0.39, 0.29) is 7.43 Å². The van der Waals surface area contributed by atoms with Gasteiger partial charge >= 0.3 is 0 Å². The fourth-order valence-electron chi connectivity index (χ4n) is 2.00. The summed E-state index contributed by atoms with van der Waals surface area (Å²) in [7, 11) is 0. The van der Waals surface area contributed by atoms with Gasteiger partial charge in [-0.2, -0.15) is 0 Å². The fourth-order valence-corrected chi connectivity index (χ4v) is 2.18. The molecule has 0 saturated heterocycles. The molecule has 0 aliphatic heterocycles. The van der Waals surface area contributed by atoms with Gasteiger partial charge in [0.2, 0.25) is 0 Å². The number of halogens is 1. The Morgan fingerprint density at radius 2 is 1.78 bits per heavy atom. The SMILES string of the molecule is C.CCC1(Cl)C=C(c2ccccc2)C=CC1(N)N. The van der Waals surface area contributed by atoms with Crippen molar-refractivity contribution in [2.75, 3.05) is 0 Å². The predicted octanol–water partition coefficient (Wildman–Crippen LogP) is 3.28. The standard InChI is InChI=1S/C14H17ClN2.CH4/c1-2-13(15)10-12(8-9-14(13,16)17)11-6-4-3-5-7-11;/h3-10H,2,16-17H2,1H3;1H4. The lowest BCUT2D eigenvalue weighted by Gasteiger charge is -2.39. The molecule has 98 valence electrons. The summed E-state index contributed by atoms with van der Waals surface area (Å²) in [5.41, 5.74) is 13.2. The molecule has 0 aromatic heterocycles. The van der Waals surface area contributed by atoms with E-state index in [1.807, 2.05) is 49.4 Å². The average Bonchev–Trinajstić information content (AvgIpc) is 2.34. The molecule has 1 atom stereocenters. The minimum atomic E-state index is -0.998. The maximum atomic E-state index is 6.52. The second-order valence-corrected chi connectivity index (χ2v) is 5.12. The van der Waals surface area contributed by atoms with Crippen LogP contribution in [0.25, 0.3) is 5.57 Å². The smallest absolute Gasteiger partial charge is 0.106 e. The molecular weight excluding hydrogens is 244 g/mol. The Bertz CT molecular complexity index is 463. The lowest BCUT2D eigenvalue weighted by Crippen LogP contribution is -2.62. The first-order chi connectivity index (χ1) is 7.98. The third-order valence-corrected chi connectivity index (χ3v) is 3.97. The molecule has 1 aromatic rings. The van der Waals surface area contributed by atoms with Gasteiger partial charge in [0.1, 0.15) is 5.66 Å². The maximum absolute atomic E-state index is 6.52. The molecule has 2 rings (SSSR count). The Kier molecular flexibility index (Phi) is 4.38. The zero-order chi connectivity index (χ0) is 12.5. The van der Waals surface area contributed by atoms with Crippen molar-refractivity contribution in [3.8, 4) is 0 Å². The number of rotatable bonds is 2. The van der Waals surface area contributed by atoms with Gasteiger partial charge in [-0.1, -0.05) is 56.8 Å². The van der Waals surface area contributed by atoms with Crippen molar-refractivity contribution in [2.45, 2.75) is 31.3 Å². The zero-order valence-electron chi connectivity index (χ0n) is 9.86. The first-order valence-electron chi connectivity index (χ1n) is 5.73. The Morgan fingerprint density at radius 3 is 2.33 bits per heavy atom. The topological polar surface area (TPSA) is 52.0 Å². The van der Waals surface area contributed by atoms with Crippen LogP contribution in [0, 0.1) is 0 Å². The molecule has 18 heavy (non-hydrogen) atoms. The van der Waals surface area contributed by atoms with Crippen molar-refractivity contribution in [2.24, 2.45) is 11.5 Å². The average molecular weight is 265 g/mol. The first kappa shape index (κ1) is 15.0. The molecule has 3 heteroatoms. The quantitative estimate of drug-likeness (QED) is 0.636. The molecule has 1 aromatic carbocycles. The van der Waals surface area contributed by atoms with Gasteiger partial charge in [0.15, 0.2) is 0 Å². The van der Waals surface area contributed by atoms with Crippen molar-refractivity contribution >= 4 is 17.2 Å². The molecule has 0 bridgehead atoms. The number of hydrogen-bond acceptors (Lipinski definition) is 2. The van der Waals surface area contributed by atoms with Crippen LogP contribution in [0.4, 0.5) is 0 Å². The van der Waals surface area contributed by atoms with E-state index in [1.54, 1.807) is 6.08 Å². The van der Waals surface area contributed by atoms with E-state index in [4.69, 9.17) is 23.1 Å². The summed E-state index contributed by atoms with van der Waals surface area (Å²) in [5, 5.41) is 0. The van der Waals surface area contributed by atoms with Gasteiger partial charge in [0.05, 0.1) is 4.87 Å². The molecule has 1 unspecified atom stereocenters. The van der Waals surface area contributed by atoms with Crippen LogP contribution in [0.3, 0.4) is 0 Å². The largest absolute Gasteiger partial charge is 0.308 e. The maximum Gasteiger partial charge on any atom is 0.106 e. The van der Waals surface area contributed by atoms with E-state index in [0.29, 0.717) is 6.42 Å². The highest BCUT2D eigenvalue weighted by Gasteiger charge is 2.42. The van der Waals surface area contributed by atoms with Gasteiger partial charge in [0, 0.05) is 0 Å². The number of nitrogens with two attached hydrogens (primary N) is 2. The molecule has 1 aliphatic rings. The fraction of sp³-hybridized carbons (Fsp3) is 0.333. The Labute approximate surface area is 114 Å². The normalized spacial score (nSPS) is 25.2. The van der Waals surface area contributed by atoms with Crippen LogP contribution in [0.2, 0.25) is 0 Å². The van der Waals surface area contributed by atoms with Crippen molar-refractivity contribution in [1.82, 2.24) is 0 Å². The molecule has 4 N–H and O–H groups in total. The van der Waals surface area contributed by atoms with E-state index in [1.165, 1.54) is 0 Å². The van der Waals surface area contributed by atoms with Crippen LogP contribution < -0.4 is 11.5 Å². The van der Waals surface area contributed by atoms with Crippen LogP contribution >= 0.6 is 11.6 Å². The van der Waals surface area contributed by atoms with Gasteiger partial charge in [-0.25, -0.2) is 0 Å². The molecule has 0 fully saturated rings. The summed E-state index contributed by atoms with van der Waals surface area (Å²) in [6.45, 7) is 1.99. The van der Waals surface area contributed by atoms with Crippen molar-refractivity contribution in [3.63, 3.8) is 0 Å². The molecule has 1 aliphatic carbocycles. The summed E-state index contributed by atoms with van der Waals surface area (Å²) in [4.78, 5) is -0.729. The summed E-state index contributed by atoms with van der Waals surface area (Å²) in [5.74, 6) is 0. The first-order valence-corrected chi connectivity index (χ1v) is 6.10. The third-order valence-electron chi connectivity index (χ3n) is 3.26. The number of allylic oxidation sites excluding steroid dienone is 2. The Balaban J connectivity index is 0.00000162. The van der Waals surface area contributed by atoms with Crippen molar-refractivity contribution in [1.29, 1.82) is 0 Å². The predicted molar refractivity (Wildman–Crippen MR) is 80.3 cm³/mol. The van der Waals surface area contributed by atoms with Crippen molar-refractivity contribution in [3.05, 3.63) is 54.1 Å². The monoisotopic (exact) mass is 264 g/mol. The minimum absolute atomic E-state index is 0. The van der Waals surface area contributed by atoms with E-state index in [9.17, 15) is 0 Å². The summed E-state index contributed by atoms with van der Waals surface area (Å²) >= 11 is 6.52. The van der Waals surface area contributed by atoms with Crippen LogP contribution in [0.5, 0.6) is 0 Å². The molecule has 0 spiro atoms. The summed E-state index contributed by atoms with van der Waals surface area (Å²) in [6.07, 6.45) is 6.36. The van der Waals surface area contributed by atoms with E-state index >= 15 is 0 Å². The Morgan fingerprint density at radius 1 is 1.17 bits per heavy atom. The van der Waals surface area contributed by atoms with E-state index in [0.717, 1.165) is 11.1 Å². The minimum Gasteiger partial charge on any atom is -0.308 e. The number of alkyl halides is 1. The van der Waals surface area contributed by atoms with Crippen LogP contribution in [0.15, 0.2) is 48.6 Å². The molecule has 2 nitrogen and oxygen atoms in total. The second-order valence-electron chi connectivity index (χ2n) is 4.45. The summed E-state index contributed by atoms with van der Waals surface area (Å²) < 4.78 is 0. The number of benzene rings is 1. The van der Waals surface area contributed by atoms with Gasteiger partial charge in [0.25, 0.3) is 0 Å². The molecule has 0 saturated carbocycles. The molecular formula is C15H21ClN2. The van der Waals surface area contributed by atoms with Gasteiger partial charge < -0.3 is 11.5 Å². The van der Waals surface area contributed by atoms with Crippen LogP contribution in [0.1, 0.15) is 26.3 Å². The highest BCUT2D eigenvalue weighted by molar-refractivity contribution is 6.27. The molecule has 0 amide bonds. The molecule has 0 radical (unpaired) electrons. The second kappa shape index (κ2) is 5.27. The number of hydrogen-bond donors (Lipinski definition) is 2. The zero-order valence-corrected chi connectivity index (χ0v) is 10.6. The third kappa shape index (κ3) is 2.51. The van der Waals surface area contributed by atoms with Gasteiger partial charge in [-0.05, 0) is 23.6 Å². The molecule has 0 heterocycles. The van der Waals surface area contributed by atoms with Crippen molar-refractivity contribution < 1.29 is 0 Å². The highest BCUT2D eigenvalue weighted by atomic mass is 35.5. The lowest BCUT2D eigenvalue weighted by molar-refractivity contribution is 0.425. The highest BCUT2D eigenvalue weighted by Crippen LogP contribution is 2.37. The Hall–Kier alpha value is -1.09. The van der Waals surface area contributed by atoms with Gasteiger partial charge in [-0.15, -0.1) is 11.6 Å². The summed E-state index contributed by atoms with van der Waals surface area (Å²) in [6, 6.07) is 10.1. The van der Waals surface area contributed by atoms with Crippen LogP contribution in [-0.4, -0.2) is 10.5 Å².